The van der Waals surface area contributed by atoms with Crippen molar-refractivity contribution in [2.24, 2.45) is 0 Å². The predicted octanol–water partition coefficient (Wildman–Crippen LogP) is 14.6. The summed E-state index contributed by atoms with van der Waals surface area (Å²) in [7, 11) is 0. The molecule has 0 spiro atoms. The minimum absolute atomic E-state index is 0.0141. The number of esters is 2. The summed E-state index contributed by atoms with van der Waals surface area (Å²) >= 11 is 0. The number of carbonyl (C=O) groups excluding carboxylic acids is 3. The average Bonchev–Trinajstić information content (AvgIpc) is 3.23. The van der Waals surface area contributed by atoms with Crippen LogP contribution in [0.25, 0.3) is 22.3 Å². The van der Waals surface area contributed by atoms with Gasteiger partial charge in [-0.2, -0.15) is 0 Å². The lowest BCUT2D eigenvalue weighted by Crippen LogP contribution is -2.19. The van der Waals surface area contributed by atoms with Gasteiger partial charge >= 0.3 is 11.9 Å². The van der Waals surface area contributed by atoms with Crippen molar-refractivity contribution in [3.63, 3.8) is 0 Å². The molecule has 0 fully saturated rings. The van der Waals surface area contributed by atoms with E-state index in [4.69, 9.17) is 13.9 Å². The Morgan fingerprint density at radius 1 is 0.517 bits per heavy atom. The molecule has 0 unspecified atom stereocenters. The van der Waals surface area contributed by atoms with Gasteiger partial charge in [-0.1, -0.05) is 175 Å². The van der Waals surface area contributed by atoms with Crippen LogP contribution >= 0.6 is 0 Å². The van der Waals surface area contributed by atoms with E-state index in [1.807, 2.05) is 0 Å². The van der Waals surface area contributed by atoms with E-state index >= 15 is 0 Å². The molecule has 0 bridgehead atoms. The summed E-state index contributed by atoms with van der Waals surface area (Å²) in [6.07, 6.45) is 29.0. The molecule has 0 aliphatic heterocycles. The van der Waals surface area contributed by atoms with Crippen LogP contribution in [0.2, 0.25) is 0 Å². The Balaban J connectivity index is 1.90. The Hall–Kier alpha value is -4.14. The fraction of sp³-hybridized carbons (Fsp3) is 0.647. The summed E-state index contributed by atoms with van der Waals surface area (Å²) in [5.74, 6) is -3.05. The van der Waals surface area contributed by atoms with Crippen molar-refractivity contribution < 1.29 is 38.5 Å². The quantitative estimate of drug-likeness (QED) is 0.0260. The Kier molecular flexibility index (Phi) is 25.1. The number of fused-ring (bicyclic) bond motifs is 1. The minimum Gasteiger partial charge on any atom is -0.508 e. The lowest BCUT2D eigenvalue weighted by atomic mass is 9.98. The van der Waals surface area contributed by atoms with Crippen molar-refractivity contribution in [1.29, 1.82) is 0 Å². The highest BCUT2D eigenvalue weighted by Gasteiger charge is 2.29. The SMILES string of the molecule is CCCCCCCCCCCC(=O)Oc1c(-c2ccc(O)cc2)oc2cc(O)c(C(=O)CCCCCCCCCCC)c(OC(=O)CCCCCCCCCCC)c2c1=O. The summed E-state index contributed by atoms with van der Waals surface area (Å²) in [5.41, 5.74) is -0.849. The molecular weight excluding hydrogens is 757 g/mol. The lowest BCUT2D eigenvalue weighted by Gasteiger charge is -2.16. The van der Waals surface area contributed by atoms with Gasteiger partial charge in [0.2, 0.25) is 11.2 Å². The number of unbranched alkanes of at least 4 members (excludes halogenated alkanes) is 24. The van der Waals surface area contributed by atoms with Gasteiger partial charge in [0, 0.05) is 30.9 Å². The highest BCUT2D eigenvalue weighted by Crippen LogP contribution is 2.41. The number of rotatable bonds is 34. The normalized spacial score (nSPS) is 11.3. The number of hydrogen-bond acceptors (Lipinski definition) is 9. The lowest BCUT2D eigenvalue weighted by molar-refractivity contribution is -0.135. The van der Waals surface area contributed by atoms with Crippen molar-refractivity contribution in [2.75, 3.05) is 0 Å². The van der Waals surface area contributed by atoms with Crippen molar-refractivity contribution >= 4 is 28.7 Å². The molecule has 0 atom stereocenters. The summed E-state index contributed by atoms with van der Waals surface area (Å²) < 4.78 is 17.9. The standard InChI is InChI=1S/C51H76O9/c1-4-7-10-13-16-19-22-25-28-31-41(53)46-42(54)38-43-47(50(46)59-44(55)32-29-26-23-20-17-14-11-8-5-2)48(57)51(49(58-43)39-34-36-40(52)37-35-39)60-45(56)33-30-27-24-21-18-15-12-9-6-3/h34-38,52,54H,4-33H2,1-3H3. The summed E-state index contributed by atoms with van der Waals surface area (Å²) in [6, 6.07) is 7.06. The van der Waals surface area contributed by atoms with Gasteiger partial charge in [-0.25, -0.2) is 0 Å². The fourth-order valence-corrected chi connectivity index (χ4v) is 7.77. The van der Waals surface area contributed by atoms with Crippen LogP contribution in [-0.4, -0.2) is 27.9 Å². The van der Waals surface area contributed by atoms with Crippen LogP contribution in [-0.2, 0) is 9.59 Å². The molecule has 9 heteroatoms. The van der Waals surface area contributed by atoms with E-state index in [0.717, 1.165) is 70.6 Å². The second kappa shape index (κ2) is 30.0. The maximum atomic E-state index is 14.6. The van der Waals surface area contributed by atoms with Gasteiger partial charge in [0.05, 0.1) is 0 Å². The van der Waals surface area contributed by atoms with E-state index in [0.29, 0.717) is 24.8 Å². The van der Waals surface area contributed by atoms with E-state index in [2.05, 4.69) is 20.8 Å². The van der Waals surface area contributed by atoms with Crippen LogP contribution < -0.4 is 14.9 Å². The number of Topliss-reactive ketones (excluding diaryl/α,β-unsaturated/α-hetero) is 1. The molecule has 0 radical (unpaired) electrons. The van der Waals surface area contributed by atoms with Crippen LogP contribution in [0.5, 0.6) is 23.0 Å². The van der Waals surface area contributed by atoms with Gasteiger partial charge in [-0.05, 0) is 43.5 Å². The molecule has 2 N–H and O–H groups in total. The first kappa shape index (κ1) is 50.2. The fourth-order valence-electron chi connectivity index (χ4n) is 7.77. The second-order valence-electron chi connectivity index (χ2n) is 16.7. The highest BCUT2D eigenvalue weighted by atomic mass is 16.5. The van der Waals surface area contributed by atoms with E-state index in [-0.39, 0.29) is 53.1 Å². The zero-order valence-electron chi connectivity index (χ0n) is 37.4. The van der Waals surface area contributed by atoms with Crippen molar-refractivity contribution in [1.82, 2.24) is 0 Å². The Morgan fingerprint density at radius 3 is 1.33 bits per heavy atom. The number of hydrogen-bond donors (Lipinski definition) is 2. The maximum Gasteiger partial charge on any atom is 0.311 e. The van der Waals surface area contributed by atoms with E-state index in [1.54, 1.807) is 0 Å². The number of benzene rings is 2. The summed E-state index contributed by atoms with van der Waals surface area (Å²) in [6.45, 7) is 6.60. The number of carbonyl (C=O) groups is 3. The number of phenols is 2. The van der Waals surface area contributed by atoms with E-state index in [1.165, 1.54) is 114 Å². The zero-order valence-corrected chi connectivity index (χ0v) is 37.4. The van der Waals surface area contributed by atoms with Crippen LogP contribution in [0, 0.1) is 0 Å². The topological polar surface area (TPSA) is 140 Å². The first-order valence-electron chi connectivity index (χ1n) is 23.8. The molecule has 0 aliphatic carbocycles. The van der Waals surface area contributed by atoms with Crippen molar-refractivity contribution in [2.45, 2.75) is 213 Å². The predicted molar refractivity (Wildman–Crippen MR) is 242 cm³/mol. The molecule has 2 aromatic carbocycles. The highest BCUT2D eigenvalue weighted by molar-refractivity contribution is 6.08. The summed E-state index contributed by atoms with van der Waals surface area (Å²) in [5, 5.41) is 21.1. The maximum absolute atomic E-state index is 14.6. The number of phenolic OH excluding ortho intramolecular Hbond substituents is 2. The first-order chi connectivity index (χ1) is 29.2. The van der Waals surface area contributed by atoms with Gasteiger partial charge in [-0.15, -0.1) is 0 Å². The van der Waals surface area contributed by atoms with Crippen LogP contribution in [0.3, 0.4) is 0 Å². The molecule has 0 aliphatic rings. The molecule has 60 heavy (non-hydrogen) atoms. The zero-order chi connectivity index (χ0) is 43.4. The third kappa shape index (κ3) is 18.2. The van der Waals surface area contributed by atoms with Gasteiger partial charge in [0.15, 0.2) is 17.3 Å². The molecule has 0 saturated carbocycles. The van der Waals surface area contributed by atoms with E-state index in [9.17, 15) is 29.4 Å². The second-order valence-corrected chi connectivity index (χ2v) is 16.7. The third-order valence-electron chi connectivity index (χ3n) is 11.4. The van der Waals surface area contributed by atoms with Gasteiger partial charge in [0.25, 0.3) is 0 Å². The molecular formula is C51H76O9. The van der Waals surface area contributed by atoms with Gasteiger partial charge in [-0.3, -0.25) is 19.2 Å². The Labute approximate surface area is 360 Å². The van der Waals surface area contributed by atoms with Crippen LogP contribution in [0.1, 0.15) is 224 Å². The molecule has 1 aromatic heterocycles. The van der Waals surface area contributed by atoms with Crippen LogP contribution in [0.15, 0.2) is 39.5 Å². The van der Waals surface area contributed by atoms with Crippen molar-refractivity contribution in [3.05, 3.63) is 46.1 Å². The third-order valence-corrected chi connectivity index (χ3v) is 11.4. The van der Waals surface area contributed by atoms with Gasteiger partial charge < -0.3 is 24.1 Å². The number of ketones is 1. The summed E-state index contributed by atoms with van der Waals surface area (Å²) in [4.78, 5) is 55.3. The molecule has 3 rings (SSSR count). The average molecular weight is 833 g/mol. The molecule has 0 amide bonds. The molecule has 3 aromatic rings. The van der Waals surface area contributed by atoms with Gasteiger partial charge in [0.1, 0.15) is 28.0 Å². The number of ether oxygens (including phenoxy) is 2. The first-order valence-corrected chi connectivity index (χ1v) is 23.8. The minimum atomic E-state index is -0.803. The molecule has 0 saturated heterocycles. The Bertz CT molecular complexity index is 1760. The monoisotopic (exact) mass is 833 g/mol. The van der Waals surface area contributed by atoms with Crippen molar-refractivity contribution in [3.8, 4) is 34.3 Å². The van der Waals surface area contributed by atoms with E-state index < -0.39 is 34.6 Å². The number of aromatic hydroxyl groups is 2. The smallest absolute Gasteiger partial charge is 0.311 e. The molecule has 9 nitrogen and oxygen atoms in total. The van der Waals surface area contributed by atoms with Crippen LogP contribution in [0.4, 0.5) is 0 Å². The molecule has 1 heterocycles. The largest absolute Gasteiger partial charge is 0.508 e. The molecule has 334 valence electrons. The Morgan fingerprint density at radius 2 is 0.900 bits per heavy atom.